The van der Waals surface area contributed by atoms with E-state index in [1.165, 1.54) is 0 Å². The van der Waals surface area contributed by atoms with Gasteiger partial charge in [0.05, 0.1) is 5.69 Å². The van der Waals surface area contributed by atoms with Crippen LogP contribution in [0.4, 0.5) is 25.0 Å². The van der Waals surface area contributed by atoms with E-state index in [2.05, 4.69) is 10.2 Å². The van der Waals surface area contributed by atoms with Crippen molar-refractivity contribution >= 4 is 29.0 Å². The molecule has 7 heteroatoms. The molecule has 0 aromatic heterocycles. The predicted molar refractivity (Wildman–Crippen MR) is 90.6 cm³/mol. The molecule has 1 saturated heterocycles. The van der Waals surface area contributed by atoms with E-state index in [0.717, 1.165) is 23.9 Å². The summed E-state index contributed by atoms with van der Waals surface area (Å²) < 4.78 is 26.8. The number of urea groups is 1. The van der Waals surface area contributed by atoms with Gasteiger partial charge in [-0.2, -0.15) is 0 Å². The van der Waals surface area contributed by atoms with Gasteiger partial charge in [0.2, 0.25) is 0 Å². The van der Waals surface area contributed by atoms with Crippen molar-refractivity contribution in [3.05, 3.63) is 59.1 Å². The Labute approximate surface area is 143 Å². The summed E-state index contributed by atoms with van der Waals surface area (Å²) in [4.78, 5) is 15.9. The van der Waals surface area contributed by atoms with Crippen molar-refractivity contribution in [3.63, 3.8) is 0 Å². The van der Waals surface area contributed by atoms with E-state index in [9.17, 15) is 13.6 Å². The number of carbonyl (C=O) groups excluding carboxylic acids is 1. The van der Waals surface area contributed by atoms with Crippen LogP contribution >= 0.6 is 11.6 Å². The van der Waals surface area contributed by atoms with Crippen LogP contribution in [0.5, 0.6) is 0 Å². The van der Waals surface area contributed by atoms with E-state index in [1.807, 2.05) is 24.3 Å². The first-order valence-corrected chi connectivity index (χ1v) is 7.92. The molecule has 126 valence electrons. The van der Waals surface area contributed by atoms with Gasteiger partial charge in [-0.25, -0.2) is 13.6 Å². The smallest absolute Gasteiger partial charge is 0.322 e. The molecule has 4 nitrogen and oxygen atoms in total. The quantitative estimate of drug-likeness (QED) is 0.888. The van der Waals surface area contributed by atoms with Gasteiger partial charge in [0, 0.05) is 43.0 Å². The zero-order valence-corrected chi connectivity index (χ0v) is 13.6. The first kappa shape index (κ1) is 16.5. The number of halogens is 3. The van der Waals surface area contributed by atoms with Crippen molar-refractivity contribution in [1.82, 2.24) is 4.90 Å². The van der Waals surface area contributed by atoms with Crippen molar-refractivity contribution in [2.24, 2.45) is 0 Å². The second-order valence-electron chi connectivity index (χ2n) is 5.50. The molecule has 1 N–H and O–H groups in total. The molecule has 0 radical (unpaired) electrons. The first-order valence-electron chi connectivity index (χ1n) is 7.54. The molecule has 2 aromatic rings. The Morgan fingerprint density at radius 3 is 2.33 bits per heavy atom. The van der Waals surface area contributed by atoms with Crippen molar-refractivity contribution in [2.45, 2.75) is 0 Å². The fourth-order valence-corrected chi connectivity index (χ4v) is 2.73. The van der Waals surface area contributed by atoms with Crippen molar-refractivity contribution in [3.8, 4) is 0 Å². The summed E-state index contributed by atoms with van der Waals surface area (Å²) in [5.74, 6) is -1.26. The van der Waals surface area contributed by atoms with E-state index in [-0.39, 0.29) is 5.69 Å². The second-order valence-corrected chi connectivity index (χ2v) is 5.94. The lowest BCUT2D eigenvalue weighted by Crippen LogP contribution is -2.50. The molecule has 0 unspecified atom stereocenters. The van der Waals surface area contributed by atoms with Gasteiger partial charge in [-0.15, -0.1) is 0 Å². The van der Waals surface area contributed by atoms with Crippen LogP contribution < -0.4 is 10.2 Å². The Morgan fingerprint density at radius 2 is 1.67 bits per heavy atom. The Bertz CT molecular complexity index is 731. The second kappa shape index (κ2) is 7.05. The van der Waals surface area contributed by atoms with Crippen molar-refractivity contribution < 1.29 is 13.6 Å². The lowest BCUT2D eigenvalue weighted by molar-refractivity contribution is 0.208. The van der Waals surface area contributed by atoms with Crippen LogP contribution in [0.1, 0.15) is 0 Å². The van der Waals surface area contributed by atoms with Gasteiger partial charge in [0.25, 0.3) is 0 Å². The highest BCUT2D eigenvalue weighted by molar-refractivity contribution is 6.30. The molecule has 0 bridgehead atoms. The molecule has 1 aliphatic heterocycles. The van der Waals surface area contributed by atoms with Crippen LogP contribution in [0.3, 0.4) is 0 Å². The Balaban J connectivity index is 1.59. The van der Waals surface area contributed by atoms with Crippen LogP contribution in [-0.4, -0.2) is 37.1 Å². The van der Waals surface area contributed by atoms with Gasteiger partial charge in [0.15, 0.2) is 0 Å². The molecule has 1 heterocycles. The molecule has 0 saturated carbocycles. The monoisotopic (exact) mass is 351 g/mol. The fraction of sp³-hybridized carbons (Fsp3) is 0.235. The third kappa shape index (κ3) is 3.76. The minimum atomic E-state index is -0.662. The molecule has 3 rings (SSSR count). The molecular formula is C17H16ClF2N3O. The maximum absolute atomic E-state index is 13.6. The molecule has 1 fully saturated rings. The summed E-state index contributed by atoms with van der Waals surface area (Å²) in [6, 6.07) is 10.0. The Kier molecular flexibility index (Phi) is 4.85. The maximum atomic E-state index is 13.6. The number of rotatable bonds is 2. The molecular weight excluding hydrogens is 336 g/mol. The van der Waals surface area contributed by atoms with Crippen LogP contribution in [0.2, 0.25) is 5.02 Å². The molecule has 0 atom stereocenters. The molecule has 2 aromatic carbocycles. The molecule has 0 aliphatic carbocycles. The van der Waals surface area contributed by atoms with Gasteiger partial charge in [-0.3, -0.25) is 0 Å². The van der Waals surface area contributed by atoms with Crippen molar-refractivity contribution in [1.29, 1.82) is 0 Å². The lowest BCUT2D eigenvalue weighted by atomic mass is 10.2. The molecule has 24 heavy (non-hydrogen) atoms. The van der Waals surface area contributed by atoms with Crippen LogP contribution in [-0.2, 0) is 0 Å². The molecule has 2 amide bonds. The number of carbonyl (C=O) groups is 1. The van der Waals surface area contributed by atoms with Gasteiger partial charge >= 0.3 is 6.03 Å². The third-order valence-corrected chi connectivity index (χ3v) is 4.18. The zero-order chi connectivity index (χ0) is 17.1. The van der Waals surface area contributed by atoms with E-state index < -0.39 is 17.7 Å². The van der Waals surface area contributed by atoms with Crippen molar-refractivity contribution in [2.75, 3.05) is 36.4 Å². The summed E-state index contributed by atoms with van der Waals surface area (Å²) in [5, 5.41) is 3.09. The highest BCUT2D eigenvalue weighted by Gasteiger charge is 2.22. The molecule has 0 spiro atoms. The SMILES string of the molecule is O=C(Nc1cc(F)ccc1F)N1CCN(c2ccc(Cl)cc2)CC1. The van der Waals surface area contributed by atoms with Gasteiger partial charge in [-0.05, 0) is 36.4 Å². The third-order valence-electron chi connectivity index (χ3n) is 3.93. The van der Waals surface area contributed by atoms with E-state index in [4.69, 9.17) is 11.6 Å². The van der Waals surface area contributed by atoms with Crippen LogP contribution in [0.15, 0.2) is 42.5 Å². The number of hydrogen-bond acceptors (Lipinski definition) is 2. The Hall–Kier alpha value is -2.34. The number of amides is 2. The minimum Gasteiger partial charge on any atom is -0.368 e. The first-order chi connectivity index (χ1) is 11.5. The summed E-state index contributed by atoms with van der Waals surface area (Å²) in [6.07, 6.45) is 0. The van der Waals surface area contributed by atoms with Crippen LogP contribution in [0, 0.1) is 11.6 Å². The highest BCUT2D eigenvalue weighted by atomic mass is 35.5. The normalized spacial score (nSPS) is 14.6. The van der Waals surface area contributed by atoms with Gasteiger partial charge in [-0.1, -0.05) is 11.6 Å². The summed E-state index contributed by atoms with van der Waals surface area (Å²) in [5.41, 5.74) is 0.885. The largest absolute Gasteiger partial charge is 0.368 e. The predicted octanol–water partition coefficient (Wildman–Crippen LogP) is 3.97. The summed E-state index contributed by atoms with van der Waals surface area (Å²) in [7, 11) is 0. The average molecular weight is 352 g/mol. The standard InChI is InChI=1S/C17H16ClF2N3O/c18-12-1-4-14(5-2-12)22-7-9-23(10-8-22)17(24)21-16-11-13(19)3-6-15(16)20/h1-6,11H,7-10H2,(H,21,24). The van der Waals surface area contributed by atoms with Crippen LogP contribution in [0.25, 0.3) is 0 Å². The van der Waals surface area contributed by atoms with E-state index in [0.29, 0.717) is 31.2 Å². The number of nitrogens with zero attached hydrogens (tertiary/aromatic N) is 2. The topological polar surface area (TPSA) is 35.6 Å². The fourth-order valence-electron chi connectivity index (χ4n) is 2.61. The Morgan fingerprint density at radius 1 is 1.00 bits per heavy atom. The maximum Gasteiger partial charge on any atom is 0.322 e. The number of hydrogen-bond donors (Lipinski definition) is 1. The highest BCUT2D eigenvalue weighted by Crippen LogP contribution is 2.20. The minimum absolute atomic E-state index is 0.153. The van der Waals surface area contributed by atoms with Gasteiger partial charge in [0.1, 0.15) is 11.6 Å². The number of anilines is 2. The number of benzene rings is 2. The summed E-state index contributed by atoms with van der Waals surface area (Å²) >= 11 is 5.88. The van der Waals surface area contributed by atoms with E-state index in [1.54, 1.807) is 4.90 Å². The summed E-state index contributed by atoms with van der Waals surface area (Å²) in [6.45, 7) is 2.29. The number of nitrogens with one attached hydrogen (secondary N) is 1. The average Bonchev–Trinajstić information content (AvgIpc) is 2.59. The van der Waals surface area contributed by atoms with E-state index >= 15 is 0 Å². The number of piperazine rings is 1. The zero-order valence-electron chi connectivity index (χ0n) is 12.8. The molecule has 1 aliphatic rings. The van der Waals surface area contributed by atoms with Gasteiger partial charge < -0.3 is 15.1 Å². The lowest BCUT2D eigenvalue weighted by Gasteiger charge is -2.36.